The highest BCUT2D eigenvalue weighted by Gasteiger charge is 2.19. The molecule has 0 aliphatic carbocycles. The summed E-state index contributed by atoms with van der Waals surface area (Å²) in [6, 6.07) is 7.80. The van der Waals surface area contributed by atoms with E-state index in [2.05, 4.69) is 24.8 Å². The molecule has 0 atom stereocenters. The van der Waals surface area contributed by atoms with E-state index >= 15 is 0 Å². The summed E-state index contributed by atoms with van der Waals surface area (Å²) in [5, 5.41) is 0.647. The van der Waals surface area contributed by atoms with Crippen LogP contribution in [0, 0.1) is 0 Å². The first-order chi connectivity index (χ1) is 13.2. The lowest BCUT2D eigenvalue weighted by molar-refractivity contribution is 0.178. The minimum Gasteiger partial charge on any atom is -0.377 e. The summed E-state index contributed by atoms with van der Waals surface area (Å²) in [7, 11) is 3.36. The van der Waals surface area contributed by atoms with Crippen molar-refractivity contribution in [2.45, 2.75) is 6.61 Å². The molecule has 3 aromatic rings. The Morgan fingerprint density at radius 1 is 1.07 bits per heavy atom. The van der Waals surface area contributed by atoms with Gasteiger partial charge in [-0.15, -0.1) is 0 Å². The van der Waals surface area contributed by atoms with Gasteiger partial charge >= 0.3 is 0 Å². The zero-order chi connectivity index (χ0) is 18.8. The van der Waals surface area contributed by atoms with Crippen LogP contribution in [0.1, 0.15) is 5.82 Å². The van der Waals surface area contributed by atoms with Crippen LogP contribution in [0.3, 0.4) is 0 Å². The van der Waals surface area contributed by atoms with E-state index in [1.807, 2.05) is 24.3 Å². The molecule has 0 N–H and O–H groups in total. The van der Waals surface area contributed by atoms with Gasteiger partial charge in [0.2, 0.25) is 0 Å². The minimum absolute atomic E-state index is 0.0213. The average molecular weight is 366 g/mol. The maximum absolute atomic E-state index is 12.2. The summed E-state index contributed by atoms with van der Waals surface area (Å²) < 4.78 is 6.61. The molecule has 1 aromatic carbocycles. The first-order valence-electron chi connectivity index (χ1n) is 8.92. The lowest BCUT2D eigenvalue weighted by Gasteiger charge is -2.36. The summed E-state index contributed by atoms with van der Waals surface area (Å²) >= 11 is 0. The Morgan fingerprint density at radius 2 is 1.85 bits per heavy atom. The molecular weight excluding hydrogens is 344 g/mol. The fourth-order valence-corrected chi connectivity index (χ4v) is 3.35. The first kappa shape index (κ1) is 17.4. The van der Waals surface area contributed by atoms with Crippen molar-refractivity contribution < 1.29 is 4.74 Å². The third kappa shape index (κ3) is 3.48. The lowest BCUT2D eigenvalue weighted by Crippen LogP contribution is -2.47. The molecule has 2 aromatic heterocycles. The van der Waals surface area contributed by atoms with Gasteiger partial charge in [0, 0.05) is 52.2 Å². The van der Waals surface area contributed by atoms with E-state index in [-0.39, 0.29) is 5.56 Å². The van der Waals surface area contributed by atoms with E-state index in [1.54, 1.807) is 26.7 Å². The smallest absolute Gasteiger partial charge is 0.260 e. The Labute approximate surface area is 157 Å². The molecule has 27 heavy (non-hydrogen) atoms. The molecule has 0 radical (unpaired) electrons. The van der Waals surface area contributed by atoms with Crippen molar-refractivity contribution >= 4 is 22.4 Å². The number of benzene rings is 1. The highest BCUT2D eigenvalue weighted by atomic mass is 16.5. The van der Waals surface area contributed by atoms with Crippen LogP contribution in [0.2, 0.25) is 0 Å². The Morgan fingerprint density at radius 3 is 2.63 bits per heavy atom. The van der Waals surface area contributed by atoms with E-state index in [1.165, 1.54) is 4.57 Å². The number of rotatable bonds is 4. The van der Waals surface area contributed by atoms with Crippen molar-refractivity contribution in [2.75, 3.05) is 43.1 Å². The molecule has 1 fully saturated rings. The molecule has 8 heteroatoms. The molecule has 8 nitrogen and oxygen atoms in total. The normalized spacial score (nSPS) is 14.7. The van der Waals surface area contributed by atoms with Crippen LogP contribution >= 0.6 is 0 Å². The Hall–Kier alpha value is -3.00. The maximum atomic E-state index is 12.2. The number of hydrogen-bond acceptors (Lipinski definition) is 7. The molecule has 0 saturated carbocycles. The second kappa shape index (κ2) is 7.32. The number of methoxy groups -OCH3 is 1. The van der Waals surface area contributed by atoms with E-state index in [0.29, 0.717) is 17.8 Å². The maximum Gasteiger partial charge on any atom is 0.260 e. The molecule has 1 aliphatic rings. The van der Waals surface area contributed by atoms with Crippen molar-refractivity contribution in [3.05, 3.63) is 53.0 Å². The zero-order valence-electron chi connectivity index (χ0n) is 15.5. The summed E-state index contributed by atoms with van der Waals surface area (Å²) in [6.07, 6.45) is 3.34. The van der Waals surface area contributed by atoms with Crippen molar-refractivity contribution in [1.82, 2.24) is 19.5 Å². The van der Waals surface area contributed by atoms with E-state index in [4.69, 9.17) is 4.74 Å². The SMILES string of the molecule is COCc1nccc(N2CCN(c3ccc4c(=O)n(C)cnc4c3)CC2)n1. The van der Waals surface area contributed by atoms with Crippen molar-refractivity contribution in [2.24, 2.45) is 7.05 Å². The minimum atomic E-state index is -0.0213. The van der Waals surface area contributed by atoms with Gasteiger partial charge in [0.05, 0.1) is 17.2 Å². The molecule has 140 valence electrons. The van der Waals surface area contributed by atoms with Gasteiger partial charge in [-0.05, 0) is 24.3 Å². The largest absolute Gasteiger partial charge is 0.377 e. The standard InChI is InChI=1S/C19H22N6O2/c1-23-13-21-16-11-14(3-4-15(16)19(23)26)24-7-9-25(10-8-24)18-5-6-20-17(22-18)12-27-2/h3-6,11,13H,7-10,12H2,1-2H3. The Kier molecular flexibility index (Phi) is 4.72. The van der Waals surface area contributed by atoms with Crippen molar-refractivity contribution in [1.29, 1.82) is 0 Å². The highest BCUT2D eigenvalue weighted by molar-refractivity contribution is 5.81. The monoisotopic (exact) mass is 366 g/mol. The van der Waals surface area contributed by atoms with Crippen LogP contribution in [0.4, 0.5) is 11.5 Å². The van der Waals surface area contributed by atoms with Gasteiger partial charge in [0.15, 0.2) is 5.82 Å². The van der Waals surface area contributed by atoms with E-state index < -0.39 is 0 Å². The van der Waals surface area contributed by atoms with Crippen molar-refractivity contribution in [3.8, 4) is 0 Å². The van der Waals surface area contributed by atoms with Crippen LogP contribution < -0.4 is 15.4 Å². The molecular formula is C19H22N6O2. The second-order valence-electron chi connectivity index (χ2n) is 6.60. The number of anilines is 2. The quantitative estimate of drug-likeness (QED) is 0.687. The zero-order valence-corrected chi connectivity index (χ0v) is 15.5. The number of ether oxygens (including phenoxy) is 1. The number of nitrogens with zero attached hydrogens (tertiary/aromatic N) is 6. The third-order valence-corrected chi connectivity index (χ3v) is 4.84. The van der Waals surface area contributed by atoms with Crippen LogP contribution in [0.25, 0.3) is 10.9 Å². The highest BCUT2D eigenvalue weighted by Crippen LogP contribution is 2.22. The van der Waals surface area contributed by atoms with Crippen LogP contribution in [-0.2, 0) is 18.4 Å². The molecule has 0 bridgehead atoms. The van der Waals surface area contributed by atoms with Gasteiger partial charge < -0.3 is 19.1 Å². The van der Waals surface area contributed by atoms with Crippen LogP contribution in [0.15, 0.2) is 41.6 Å². The number of aryl methyl sites for hydroxylation is 1. The van der Waals surface area contributed by atoms with Gasteiger partial charge in [0.1, 0.15) is 12.4 Å². The molecule has 1 saturated heterocycles. The van der Waals surface area contributed by atoms with Crippen molar-refractivity contribution in [3.63, 3.8) is 0 Å². The second-order valence-corrected chi connectivity index (χ2v) is 6.60. The number of aromatic nitrogens is 4. The molecule has 1 aliphatic heterocycles. The summed E-state index contributed by atoms with van der Waals surface area (Å²) in [5.41, 5.74) is 1.80. The van der Waals surface area contributed by atoms with Gasteiger partial charge in [-0.2, -0.15) is 0 Å². The van der Waals surface area contributed by atoms with Crippen LogP contribution in [-0.4, -0.2) is 52.8 Å². The van der Waals surface area contributed by atoms with Gasteiger partial charge in [0.25, 0.3) is 5.56 Å². The van der Waals surface area contributed by atoms with E-state index in [0.717, 1.165) is 43.2 Å². The summed E-state index contributed by atoms with van der Waals surface area (Å²) in [5.74, 6) is 1.62. The Balaban J connectivity index is 1.49. The third-order valence-electron chi connectivity index (χ3n) is 4.84. The van der Waals surface area contributed by atoms with Gasteiger partial charge in [-0.25, -0.2) is 15.0 Å². The Bertz CT molecular complexity index is 1010. The molecule has 4 rings (SSSR count). The first-order valence-corrected chi connectivity index (χ1v) is 8.92. The van der Waals surface area contributed by atoms with Gasteiger partial charge in [-0.1, -0.05) is 0 Å². The van der Waals surface area contributed by atoms with E-state index in [9.17, 15) is 4.79 Å². The number of hydrogen-bond donors (Lipinski definition) is 0. The fourth-order valence-electron chi connectivity index (χ4n) is 3.35. The molecule has 3 heterocycles. The molecule has 0 spiro atoms. The predicted molar refractivity (Wildman–Crippen MR) is 104 cm³/mol. The molecule has 0 unspecified atom stereocenters. The lowest BCUT2D eigenvalue weighted by atomic mass is 10.2. The van der Waals surface area contributed by atoms with Gasteiger partial charge in [-0.3, -0.25) is 4.79 Å². The summed E-state index contributed by atoms with van der Waals surface area (Å²) in [4.78, 5) is 29.9. The summed E-state index contributed by atoms with van der Waals surface area (Å²) in [6.45, 7) is 3.90. The topological polar surface area (TPSA) is 76.4 Å². The molecule has 0 amide bonds. The number of piperazine rings is 1. The average Bonchev–Trinajstić information content (AvgIpc) is 2.71. The predicted octanol–water partition coefficient (Wildman–Crippen LogP) is 1.20. The fraction of sp³-hybridized carbons (Fsp3) is 0.368. The number of fused-ring (bicyclic) bond motifs is 1. The van der Waals surface area contributed by atoms with Crippen LogP contribution in [0.5, 0.6) is 0 Å².